The second-order valence-electron chi connectivity index (χ2n) is 3.28. The Hall–Kier alpha value is -0.100. The maximum Gasteiger partial charge on any atom is 0.224 e. The van der Waals surface area contributed by atoms with Crippen molar-refractivity contribution >= 4 is 50.1 Å². The molecule has 1 amide bonds. The van der Waals surface area contributed by atoms with Crippen LogP contribution in [-0.4, -0.2) is 5.91 Å². The van der Waals surface area contributed by atoms with E-state index in [0.29, 0.717) is 6.42 Å². The van der Waals surface area contributed by atoms with E-state index in [2.05, 4.69) is 50.8 Å². The van der Waals surface area contributed by atoms with Gasteiger partial charge in [-0.25, -0.2) is 0 Å². The Balaban J connectivity index is 2.60. The number of hydrogen-bond acceptors (Lipinski definition) is 1. The number of carbonyl (C=O) groups is 1. The van der Waals surface area contributed by atoms with Gasteiger partial charge >= 0.3 is 0 Å². The Bertz CT molecular complexity index is 354. The number of anilines is 1. The zero-order valence-corrected chi connectivity index (χ0v) is 12.3. The summed E-state index contributed by atoms with van der Waals surface area (Å²) in [5.41, 5.74) is 0.844. The highest BCUT2D eigenvalue weighted by Crippen LogP contribution is 2.24. The molecule has 15 heavy (non-hydrogen) atoms. The van der Waals surface area contributed by atoms with Crippen LogP contribution in [-0.2, 0) is 4.79 Å². The zero-order chi connectivity index (χ0) is 11.3. The van der Waals surface area contributed by atoms with Gasteiger partial charge in [0, 0.05) is 14.5 Å². The van der Waals surface area contributed by atoms with E-state index in [-0.39, 0.29) is 5.91 Å². The Morgan fingerprint density at radius 2 is 2.27 bits per heavy atom. The summed E-state index contributed by atoms with van der Waals surface area (Å²) in [5.74, 6) is 0.0822. The van der Waals surface area contributed by atoms with E-state index < -0.39 is 0 Å². The van der Waals surface area contributed by atoms with Crippen LogP contribution in [0.3, 0.4) is 0 Å². The zero-order valence-electron chi connectivity index (χ0n) is 8.52. The molecule has 0 aromatic heterocycles. The molecule has 0 fully saturated rings. The molecule has 82 valence electrons. The highest BCUT2D eigenvalue weighted by Gasteiger charge is 2.04. The molecule has 0 saturated heterocycles. The Morgan fingerprint density at radius 1 is 1.53 bits per heavy atom. The minimum absolute atomic E-state index is 0.0822. The average Bonchev–Trinajstić information content (AvgIpc) is 2.19. The molecule has 0 saturated carbocycles. The summed E-state index contributed by atoms with van der Waals surface area (Å²) >= 11 is 5.66. The lowest BCUT2D eigenvalue weighted by atomic mass is 10.2. The fourth-order valence-corrected chi connectivity index (χ4v) is 2.54. The van der Waals surface area contributed by atoms with Crippen molar-refractivity contribution in [3.05, 3.63) is 26.2 Å². The van der Waals surface area contributed by atoms with Gasteiger partial charge in [0.2, 0.25) is 5.91 Å². The fourth-order valence-electron chi connectivity index (χ4n) is 1.14. The second kappa shape index (κ2) is 6.48. The van der Waals surface area contributed by atoms with Crippen LogP contribution in [0.5, 0.6) is 0 Å². The normalized spacial score (nSPS) is 10.1. The van der Waals surface area contributed by atoms with Crippen molar-refractivity contribution in [3.63, 3.8) is 0 Å². The van der Waals surface area contributed by atoms with Gasteiger partial charge in [0.15, 0.2) is 0 Å². The number of carbonyl (C=O) groups excluding carboxylic acids is 1. The van der Waals surface area contributed by atoms with Gasteiger partial charge in [0.05, 0.1) is 5.69 Å². The van der Waals surface area contributed by atoms with Crippen LogP contribution in [0, 0.1) is 3.57 Å². The van der Waals surface area contributed by atoms with E-state index in [4.69, 9.17) is 0 Å². The first-order valence-electron chi connectivity index (χ1n) is 4.88. The van der Waals surface area contributed by atoms with Gasteiger partial charge in [-0.05, 0) is 63.1 Å². The third-order valence-electron chi connectivity index (χ3n) is 1.96. The average molecular weight is 382 g/mol. The summed E-state index contributed by atoms with van der Waals surface area (Å²) in [6.45, 7) is 2.08. The van der Waals surface area contributed by atoms with Crippen molar-refractivity contribution in [2.24, 2.45) is 0 Å². The lowest BCUT2D eigenvalue weighted by Gasteiger charge is -2.07. The number of amides is 1. The quantitative estimate of drug-likeness (QED) is 0.778. The van der Waals surface area contributed by atoms with Crippen LogP contribution in [0.2, 0.25) is 0 Å². The monoisotopic (exact) mass is 381 g/mol. The number of rotatable bonds is 4. The molecule has 0 unspecified atom stereocenters. The molecule has 0 heterocycles. The largest absolute Gasteiger partial charge is 0.325 e. The molecule has 0 aliphatic rings. The first kappa shape index (κ1) is 13.0. The molecular formula is C11H13BrINO. The van der Waals surface area contributed by atoms with Gasteiger partial charge in [0.25, 0.3) is 0 Å². The molecule has 1 aromatic rings. The Labute approximate surface area is 112 Å². The predicted molar refractivity (Wildman–Crippen MR) is 75.0 cm³/mol. The van der Waals surface area contributed by atoms with Crippen LogP contribution >= 0.6 is 38.5 Å². The maximum atomic E-state index is 11.5. The molecule has 2 nitrogen and oxygen atoms in total. The molecule has 0 bridgehead atoms. The topological polar surface area (TPSA) is 29.1 Å². The molecule has 0 atom stereocenters. The van der Waals surface area contributed by atoms with E-state index in [1.807, 2.05) is 18.2 Å². The van der Waals surface area contributed by atoms with E-state index in [0.717, 1.165) is 26.6 Å². The first-order valence-corrected chi connectivity index (χ1v) is 6.75. The summed E-state index contributed by atoms with van der Waals surface area (Å²) in [6, 6.07) is 5.87. The van der Waals surface area contributed by atoms with E-state index in [9.17, 15) is 4.79 Å². The highest BCUT2D eigenvalue weighted by atomic mass is 127. The minimum Gasteiger partial charge on any atom is -0.325 e. The maximum absolute atomic E-state index is 11.5. The van der Waals surface area contributed by atoms with Crippen molar-refractivity contribution < 1.29 is 4.79 Å². The summed E-state index contributed by atoms with van der Waals surface area (Å²) < 4.78 is 2.07. The standard InChI is InChI=1S/C11H13BrINO/c1-2-3-4-11(15)14-10-6-5-8(13)7-9(10)12/h5-7H,2-4H2,1H3,(H,14,15). The number of halogens is 2. The smallest absolute Gasteiger partial charge is 0.224 e. The van der Waals surface area contributed by atoms with Crippen LogP contribution in [0.1, 0.15) is 26.2 Å². The summed E-state index contributed by atoms with van der Waals surface area (Å²) in [4.78, 5) is 11.5. The SMILES string of the molecule is CCCCC(=O)Nc1ccc(I)cc1Br. The van der Waals surface area contributed by atoms with Gasteiger partial charge in [-0.15, -0.1) is 0 Å². The minimum atomic E-state index is 0.0822. The highest BCUT2D eigenvalue weighted by molar-refractivity contribution is 14.1. The molecule has 1 rings (SSSR count). The van der Waals surface area contributed by atoms with E-state index >= 15 is 0 Å². The summed E-state index contributed by atoms with van der Waals surface area (Å²) in [5, 5.41) is 2.88. The van der Waals surface area contributed by atoms with Crippen LogP contribution in [0.25, 0.3) is 0 Å². The third-order valence-corrected chi connectivity index (χ3v) is 3.29. The lowest BCUT2D eigenvalue weighted by Crippen LogP contribution is -2.11. The van der Waals surface area contributed by atoms with Crippen LogP contribution in [0.15, 0.2) is 22.7 Å². The van der Waals surface area contributed by atoms with Gasteiger partial charge in [-0.1, -0.05) is 13.3 Å². The number of nitrogens with one attached hydrogen (secondary N) is 1. The van der Waals surface area contributed by atoms with Gasteiger partial charge < -0.3 is 5.32 Å². The number of unbranched alkanes of at least 4 members (excludes halogenated alkanes) is 1. The summed E-state index contributed by atoms with van der Waals surface area (Å²) in [6.07, 6.45) is 2.57. The fraction of sp³-hybridized carbons (Fsp3) is 0.364. The molecule has 1 N–H and O–H groups in total. The number of hydrogen-bond donors (Lipinski definition) is 1. The van der Waals surface area contributed by atoms with Crippen molar-refractivity contribution in [1.82, 2.24) is 0 Å². The van der Waals surface area contributed by atoms with E-state index in [1.165, 1.54) is 0 Å². The molecule has 1 aromatic carbocycles. The molecule has 4 heteroatoms. The molecule has 0 radical (unpaired) electrons. The Kier molecular flexibility index (Phi) is 5.60. The van der Waals surface area contributed by atoms with Crippen molar-refractivity contribution in [2.45, 2.75) is 26.2 Å². The molecular weight excluding hydrogens is 369 g/mol. The van der Waals surface area contributed by atoms with Gasteiger partial charge in [-0.3, -0.25) is 4.79 Å². The van der Waals surface area contributed by atoms with Crippen molar-refractivity contribution in [2.75, 3.05) is 5.32 Å². The van der Waals surface area contributed by atoms with Crippen LogP contribution in [0.4, 0.5) is 5.69 Å². The predicted octanol–water partition coefficient (Wildman–Crippen LogP) is 4.18. The van der Waals surface area contributed by atoms with Gasteiger partial charge in [0.1, 0.15) is 0 Å². The summed E-state index contributed by atoms with van der Waals surface area (Å²) in [7, 11) is 0. The molecule has 0 aliphatic carbocycles. The lowest BCUT2D eigenvalue weighted by molar-refractivity contribution is -0.116. The molecule has 0 aliphatic heterocycles. The van der Waals surface area contributed by atoms with Crippen molar-refractivity contribution in [3.8, 4) is 0 Å². The second-order valence-corrected chi connectivity index (χ2v) is 5.38. The third kappa shape index (κ3) is 4.51. The van der Waals surface area contributed by atoms with Crippen molar-refractivity contribution in [1.29, 1.82) is 0 Å². The Morgan fingerprint density at radius 3 is 2.87 bits per heavy atom. The number of benzene rings is 1. The first-order chi connectivity index (χ1) is 7.13. The van der Waals surface area contributed by atoms with E-state index in [1.54, 1.807) is 0 Å². The van der Waals surface area contributed by atoms with Crippen LogP contribution < -0.4 is 5.32 Å². The molecule has 0 spiro atoms. The van der Waals surface area contributed by atoms with Gasteiger partial charge in [-0.2, -0.15) is 0 Å².